The predicted octanol–water partition coefficient (Wildman–Crippen LogP) is 2.51. The van der Waals surface area contributed by atoms with Gasteiger partial charge in [-0.3, -0.25) is 0 Å². The lowest BCUT2D eigenvalue weighted by molar-refractivity contribution is -0.380. The fraction of sp³-hybridized carbons (Fsp3) is 1.00. The summed E-state index contributed by atoms with van der Waals surface area (Å²) >= 11 is 0. The molecule has 3 heteroatoms. The molecule has 0 rings (SSSR count). The normalized spacial score (nSPS) is 12.0. The molecule has 0 aliphatic rings. The molecule has 0 heterocycles. The van der Waals surface area contributed by atoms with Crippen molar-refractivity contribution in [1.29, 1.82) is 0 Å². The van der Waals surface area contributed by atoms with E-state index >= 15 is 0 Å². The molecule has 3 nitrogen and oxygen atoms in total. The van der Waals surface area contributed by atoms with Gasteiger partial charge in [0.15, 0.2) is 6.79 Å². The van der Waals surface area contributed by atoms with Crippen LogP contribution in [0.5, 0.6) is 0 Å². The van der Waals surface area contributed by atoms with Crippen LogP contribution < -0.4 is 0 Å². The molecule has 0 radical (unpaired) electrons. The van der Waals surface area contributed by atoms with Crippen molar-refractivity contribution in [2.24, 2.45) is 0 Å². The Morgan fingerprint density at radius 1 is 1.17 bits per heavy atom. The highest BCUT2D eigenvalue weighted by Gasteiger charge is 2.10. The van der Waals surface area contributed by atoms with E-state index in [4.69, 9.17) is 14.5 Å². The Bertz CT molecular complexity index is 96.4. The topological polar surface area (TPSA) is 27.7 Å². The first kappa shape index (κ1) is 11.9. The van der Waals surface area contributed by atoms with Crippen molar-refractivity contribution < 1.29 is 14.5 Å². The molecule has 0 saturated heterocycles. The third-order valence-corrected chi connectivity index (χ3v) is 1.08. The quantitative estimate of drug-likeness (QED) is 0.269. The minimum Gasteiger partial charge on any atom is -0.352 e. The largest absolute Gasteiger partial charge is 0.352 e. The Hall–Kier alpha value is -0.120. The lowest BCUT2D eigenvalue weighted by atomic mass is 10.2. The average molecular weight is 176 g/mol. The minimum atomic E-state index is -0.256. The van der Waals surface area contributed by atoms with Crippen molar-refractivity contribution in [1.82, 2.24) is 0 Å². The fourth-order valence-corrected chi connectivity index (χ4v) is 0.540. The van der Waals surface area contributed by atoms with Crippen LogP contribution in [0.2, 0.25) is 0 Å². The zero-order chi connectivity index (χ0) is 9.45. The number of rotatable bonds is 6. The van der Waals surface area contributed by atoms with Crippen LogP contribution in [-0.4, -0.2) is 19.0 Å². The van der Waals surface area contributed by atoms with Gasteiger partial charge in [-0.25, -0.2) is 9.78 Å². The first-order valence-electron chi connectivity index (χ1n) is 4.44. The van der Waals surface area contributed by atoms with E-state index in [0.717, 1.165) is 19.4 Å². The highest BCUT2D eigenvalue weighted by Crippen LogP contribution is 2.06. The molecule has 0 atom stereocenters. The van der Waals surface area contributed by atoms with Gasteiger partial charge in [0.05, 0.1) is 5.60 Å². The van der Waals surface area contributed by atoms with E-state index < -0.39 is 0 Å². The van der Waals surface area contributed by atoms with E-state index in [9.17, 15) is 0 Å². The molecule has 0 unspecified atom stereocenters. The maximum absolute atomic E-state index is 5.12. The second-order valence-electron chi connectivity index (χ2n) is 3.69. The Balaban J connectivity index is 3.01. The van der Waals surface area contributed by atoms with Crippen molar-refractivity contribution in [3.05, 3.63) is 0 Å². The Labute approximate surface area is 74.9 Å². The van der Waals surface area contributed by atoms with Crippen LogP contribution in [0.25, 0.3) is 0 Å². The van der Waals surface area contributed by atoms with Crippen molar-refractivity contribution in [2.75, 3.05) is 13.4 Å². The average Bonchev–Trinajstić information content (AvgIpc) is 1.94. The summed E-state index contributed by atoms with van der Waals surface area (Å²) in [6, 6.07) is 0. The molecule has 12 heavy (non-hydrogen) atoms. The molecule has 74 valence electrons. The van der Waals surface area contributed by atoms with Gasteiger partial charge in [-0.1, -0.05) is 13.3 Å². The number of hydrogen-bond acceptors (Lipinski definition) is 3. The standard InChI is InChI=1S/C9H20O3/c1-5-6-7-10-8-11-12-9(2,3)4/h5-8H2,1-4H3. The number of unbranched alkanes of at least 4 members (excludes halogenated alkanes) is 1. The lowest BCUT2D eigenvalue weighted by Gasteiger charge is -2.17. The molecule has 0 N–H and O–H groups in total. The fourth-order valence-electron chi connectivity index (χ4n) is 0.540. The van der Waals surface area contributed by atoms with E-state index in [0.29, 0.717) is 0 Å². The van der Waals surface area contributed by atoms with Crippen molar-refractivity contribution in [2.45, 2.75) is 46.1 Å². The second-order valence-corrected chi connectivity index (χ2v) is 3.69. The van der Waals surface area contributed by atoms with Gasteiger partial charge in [0.1, 0.15) is 0 Å². The molecule has 0 aromatic heterocycles. The molecule has 0 aliphatic heterocycles. The van der Waals surface area contributed by atoms with Gasteiger partial charge in [-0.05, 0) is 27.2 Å². The van der Waals surface area contributed by atoms with Crippen LogP contribution in [0.4, 0.5) is 0 Å². The number of ether oxygens (including phenoxy) is 1. The zero-order valence-electron chi connectivity index (χ0n) is 8.55. The van der Waals surface area contributed by atoms with Crippen molar-refractivity contribution >= 4 is 0 Å². The Kier molecular flexibility index (Phi) is 6.34. The first-order valence-corrected chi connectivity index (χ1v) is 4.44. The summed E-state index contributed by atoms with van der Waals surface area (Å²) in [5.41, 5.74) is -0.256. The SMILES string of the molecule is CCCCOCOOC(C)(C)C. The molecule has 0 aliphatic carbocycles. The summed E-state index contributed by atoms with van der Waals surface area (Å²) in [6.45, 7) is 8.87. The van der Waals surface area contributed by atoms with Crippen LogP contribution in [0.15, 0.2) is 0 Å². The maximum Gasteiger partial charge on any atom is 0.180 e. The molecular weight excluding hydrogens is 156 g/mol. The number of hydrogen-bond donors (Lipinski definition) is 0. The summed E-state index contributed by atoms with van der Waals surface area (Å²) < 4.78 is 5.12. The summed E-state index contributed by atoms with van der Waals surface area (Å²) in [6.07, 6.45) is 2.21. The highest BCUT2D eigenvalue weighted by molar-refractivity contribution is 4.54. The third-order valence-electron chi connectivity index (χ3n) is 1.08. The second kappa shape index (κ2) is 6.40. The lowest BCUT2D eigenvalue weighted by Crippen LogP contribution is -2.20. The molecule has 0 spiro atoms. The van der Waals surface area contributed by atoms with Gasteiger partial charge < -0.3 is 4.74 Å². The molecule has 0 saturated carbocycles. The van der Waals surface area contributed by atoms with E-state index in [1.165, 1.54) is 0 Å². The van der Waals surface area contributed by atoms with Gasteiger partial charge in [-0.15, -0.1) is 0 Å². The summed E-state index contributed by atoms with van der Waals surface area (Å²) in [4.78, 5) is 9.81. The van der Waals surface area contributed by atoms with Gasteiger partial charge in [-0.2, -0.15) is 0 Å². The Morgan fingerprint density at radius 2 is 1.83 bits per heavy atom. The molecule has 0 bridgehead atoms. The zero-order valence-corrected chi connectivity index (χ0v) is 8.55. The molecule has 0 fully saturated rings. The van der Waals surface area contributed by atoms with Crippen molar-refractivity contribution in [3.8, 4) is 0 Å². The summed E-state index contributed by atoms with van der Waals surface area (Å²) in [5, 5.41) is 0. The van der Waals surface area contributed by atoms with Crippen LogP contribution >= 0.6 is 0 Å². The van der Waals surface area contributed by atoms with E-state index in [1.807, 2.05) is 20.8 Å². The Morgan fingerprint density at radius 3 is 2.33 bits per heavy atom. The minimum absolute atomic E-state index is 0.220. The third kappa shape index (κ3) is 9.88. The molecular formula is C9H20O3. The monoisotopic (exact) mass is 176 g/mol. The predicted molar refractivity (Wildman–Crippen MR) is 47.7 cm³/mol. The van der Waals surface area contributed by atoms with Crippen LogP contribution in [0.1, 0.15) is 40.5 Å². The van der Waals surface area contributed by atoms with Crippen LogP contribution in [-0.2, 0) is 14.5 Å². The molecule has 0 amide bonds. The molecule has 0 aromatic rings. The van der Waals surface area contributed by atoms with Gasteiger partial charge in [0, 0.05) is 6.61 Å². The molecule has 0 aromatic carbocycles. The van der Waals surface area contributed by atoms with Crippen LogP contribution in [0.3, 0.4) is 0 Å². The van der Waals surface area contributed by atoms with Crippen molar-refractivity contribution in [3.63, 3.8) is 0 Å². The van der Waals surface area contributed by atoms with E-state index in [1.54, 1.807) is 0 Å². The van der Waals surface area contributed by atoms with E-state index in [-0.39, 0.29) is 12.4 Å². The highest BCUT2D eigenvalue weighted by atomic mass is 17.2. The maximum atomic E-state index is 5.12. The van der Waals surface area contributed by atoms with Gasteiger partial charge >= 0.3 is 0 Å². The first-order chi connectivity index (χ1) is 5.56. The van der Waals surface area contributed by atoms with Gasteiger partial charge in [0.2, 0.25) is 0 Å². The summed E-state index contributed by atoms with van der Waals surface area (Å²) in [7, 11) is 0. The van der Waals surface area contributed by atoms with Gasteiger partial charge in [0.25, 0.3) is 0 Å². The smallest absolute Gasteiger partial charge is 0.180 e. The van der Waals surface area contributed by atoms with Crippen LogP contribution in [0, 0.1) is 0 Å². The van der Waals surface area contributed by atoms with E-state index in [2.05, 4.69) is 6.92 Å². The summed E-state index contributed by atoms with van der Waals surface area (Å²) in [5.74, 6) is 0.